The zero-order valence-corrected chi connectivity index (χ0v) is 9.63. The van der Waals surface area contributed by atoms with Crippen LogP contribution in [0, 0.1) is 0 Å². The van der Waals surface area contributed by atoms with Crippen LogP contribution in [0.4, 0.5) is 0 Å². The SMILES string of the molecule is CCn1cnnc1CNC(=O)c1ccccc1. The molecule has 0 saturated heterocycles. The molecule has 1 aromatic carbocycles. The van der Waals surface area contributed by atoms with Crippen LogP contribution in [0.15, 0.2) is 36.7 Å². The van der Waals surface area contributed by atoms with Gasteiger partial charge in [-0.05, 0) is 19.1 Å². The summed E-state index contributed by atoms with van der Waals surface area (Å²) in [6, 6.07) is 9.11. The van der Waals surface area contributed by atoms with Crippen molar-refractivity contribution in [2.45, 2.75) is 20.0 Å². The number of nitrogens with one attached hydrogen (secondary N) is 1. The molecule has 0 aliphatic carbocycles. The van der Waals surface area contributed by atoms with Crippen LogP contribution in [0.2, 0.25) is 0 Å². The van der Waals surface area contributed by atoms with Crippen LogP contribution in [0.1, 0.15) is 23.1 Å². The van der Waals surface area contributed by atoms with Crippen LogP contribution in [0.3, 0.4) is 0 Å². The molecule has 2 aromatic rings. The normalized spacial score (nSPS) is 10.2. The van der Waals surface area contributed by atoms with Gasteiger partial charge in [-0.1, -0.05) is 18.2 Å². The van der Waals surface area contributed by atoms with E-state index in [1.807, 2.05) is 29.7 Å². The van der Waals surface area contributed by atoms with Gasteiger partial charge in [-0.2, -0.15) is 0 Å². The quantitative estimate of drug-likeness (QED) is 0.859. The van der Waals surface area contributed by atoms with Gasteiger partial charge in [0.1, 0.15) is 6.33 Å². The van der Waals surface area contributed by atoms with E-state index in [2.05, 4.69) is 15.5 Å². The number of aromatic nitrogens is 3. The summed E-state index contributed by atoms with van der Waals surface area (Å²) in [5, 5.41) is 10.6. The first kappa shape index (κ1) is 11.3. The first-order valence-electron chi connectivity index (χ1n) is 5.51. The van der Waals surface area contributed by atoms with Gasteiger partial charge in [0, 0.05) is 12.1 Å². The standard InChI is InChI=1S/C12H14N4O/c1-2-16-9-14-15-11(16)8-13-12(17)10-6-4-3-5-7-10/h3-7,9H,2,8H2,1H3,(H,13,17). The molecule has 1 amide bonds. The summed E-state index contributed by atoms with van der Waals surface area (Å²) in [5.74, 6) is 0.660. The molecule has 0 fully saturated rings. The van der Waals surface area contributed by atoms with E-state index in [9.17, 15) is 4.79 Å². The second kappa shape index (κ2) is 5.25. The van der Waals surface area contributed by atoms with Gasteiger partial charge in [0.2, 0.25) is 0 Å². The van der Waals surface area contributed by atoms with Crippen LogP contribution in [-0.4, -0.2) is 20.7 Å². The Hall–Kier alpha value is -2.17. The number of carbonyl (C=O) groups excluding carboxylic acids is 1. The second-order valence-electron chi connectivity index (χ2n) is 3.58. The average Bonchev–Trinajstić information content (AvgIpc) is 2.84. The van der Waals surface area contributed by atoms with Crippen molar-refractivity contribution in [3.05, 3.63) is 48.0 Å². The Morgan fingerprint density at radius 2 is 2.12 bits per heavy atom. The summed E-state index contributed by atoms with van der Waals surface area (Å²) in [6.45, 7) is 3.19. The van der Waals surface area contributed by atoms with Crippen molar-refractivity contribution >= 4 is 5.91 Å². The lowest BCUT2D eigenvalue weighted by molar-refractivity contribution is 0.0949. The fourth-order valence-electron chi connectivity index (χ4n) is 1.53. The molecular formula is C12H14N4O. The number of benzene rings is 1. The highest BCUT2D eigenvalue weighted by Crippen LogP contribution is 1.99. The minimum atomic E-state index is -0.101. The van der Waals surface area contributed by atoms with Gasteiger partial charge in [0.15, 0.2) is 5.82 Å². The van der Waals surface area contributed by atoms with Crippen LogP contribution >= 0.6 is 0 Å². The smallest absolute Gasteiger partial charge is 0.251 e. The molecule has 0 radical (unpaired) electrons. The summed E-state index contributed by atoms with van der Waals surface area (Å²) in [4.78, 5) is 11.8. The molecule has 0 saturated carbocycles. The predicted molar refractivity (Wildman–Crippen MR) is 63.3 cm³/mol. The number of carbonyl (C=O) groups is 1. The topological polar surface area (TPSA) is 59.8 Å². The third-order valence-corrected chi connectivity index (χ3v) is 2.48. The molecule has 1 heterocycles. The van der Waals surface area contributed by atoms with E-state index in [0.29, 0.717) is 12.1 Å². The molecular weight excluding hydrogens is 216 g/mol. The number of rotatable bonds is 4. The number of hydrogen-bond donors (Lipinski definition) is 1. The highest BCUT2D eigenvalue weighted by atomic mass is 16.1. The van der Waals surface area contributed by atoms with Crippen molar-refractivity contribution in [3.8, 4) is 0 Å². The zero-order chi connectivity index (χ0) is 12.1. The largest absolute Gasteiger partial charge is 0.345 e. The number of nitrogens with zero attached hydrogens (tertiary/aromatic N) is 3. The first-order valence-corrected chi connectivity index (χ1v) is 5.51. The third-order valence-electron chi connectivity index (χ3n) is 2.48. The van der Waals surface area contributed by atoms with Crippen molar-refractivity contribution in [1.82, 2.24) is 20.1 Å². The van der Waals surface area contributed by atoms with Gasteiger partial charge in [-0.25, -0.2) is 0 Å². The van der Waals surface area contributed by atoms with Gasteiger partial charge in [0.25, 0.3) is 5.91 Å². The van der Waals surface area contributed by atoms with E-state index in [4.69, 9.17) is 0 Å². The van der Waals surface area contributed by atoms with Crippen LogP contribution in [0.5, 0.6) is 0 Å². The summed E-state index contributed by atoms with van der Waals surface area (Å²) < 4.78 is 1.89. The highest BCUT2D eigenvalue weighted by molar-refractivity contribution is 5.93. The van der Waals surface area contributed by atoms with E-state index in [0.717, 1.165) is 12.4 Å². The molecule has 5 nitrogen and oxygen atoms in total. The fourth-order valence-corrected chi connectivity index (χ4v) is 1.53. The number of hydrogen-bond acceptors (Lipinski definition) is 3. The van der Waals surface area contributed by atoms with Gasteiger partial charge < -0.3 is 9.88 Å². The lowest BCUT2D eigenvalue weighted by Gasteiger charge is -2.05. The highest BCUT2D eigenvalue weighted by Gasteiger charge is 2.07. The number of amides is 1. The van der Waals surface area contributed by atoms with Crippen molar-refractivity contribution in [1.29, 1.82) is 0 Å². The van der Waals surface area contributed by atoms with Crippen LogP contribution in [-0.2, 0) is 13.1 Å². The number of aryl methyl sites for hydroxylation is 1. The van der Waals surface area contributed by atoms with Gasteiger partial charge >= 0.3 is 0 Å². The van der Waals surface area contributed by atoms with Gasteiger partial charge in [-0.3, -0.25) is 4.79 Å². The Bertz CT molecular complexity index is 492. The molecule has 1 N–H and O–H groups in total. The minimum Gasteiger partial charge on any atom is -0.345 e. The van der Waals surface area contributed by atoms with Crippen LogP contribution < -0.4 is 5.32 Å². The van der Waals surface area contributed by atoms with Crippen molar-refractivity contribution < 1.29 is 4.79 Å². The maximum atomic E-state index is 11.8. The van der Waals surface area contributed by atoms with E-state index < -0.39 is 0 Å². The fraction of sp³-hybridized carbons (Fsp3) is 0.250. The molecule has 0 unspecified atom stereocenters. The molecule has 0 bridgehead atoms. The molecule has 0 aliphatic heterocycles. The second-order valence-corrected chi connectivity index (χ2v) is 3.58. The molecule has 0 spiro atoms. The Morgan fingerprint density at radius 1 is 1.35 bits per heavy atom. The lowest BCUT2D eigenvalue weighted by atomic mass is 10.2. The predicted octanol–water partition coefficient (Wildman–Crippen LogP) is 1.23. The molecule has 17 heavy (non-hydrogen) atoms. The Morgan fingerprint density at radius 3 is 2.82 bits per heavy atom. The minimum absolute atomic E-state index is 0.101. The summed E-state index contributed by atoms with van der Waals surface area (Å²) >= 11 is 0. The maximum Gasteiger partial charge on any atom is 0.251 e. The van der Waals surface area contributed by atoms with Gasteiger partial charge in [0.05, 0.1) is 6.54 Å². The van der Waals surface area contributed by atoms with Crippen molar-refractivity contribution in [2.75, 3.05) is 0 Å². The van der Waals surface area contributed by atoms with Crippen LogP contribution in [0.25, 0.3) is 0 Å². The van der Waals surface area contributed by atoms with E-state index >= 15 is 0 Å². The first-order chi connectivity index (χ1) is 8.31. The van der Waals surface area contributed by atoms with Gasteiger partial charge in [-0.15, -0.1) is 10.2 Å². The molecule has 2 rings (SSSR count). The molecule has 1 aromatic heterocycles. The van der Waals surface area contributed by atoms with Crippen molar-refractivity contribution in [2.24, 2.45) is 0 Å². The molecule has 5 heteroatoms. The van der Waals surface area contributed by atoms with Crippen molar-refractivity contribution in [3.63, 3.8) is 0 Å². The Balaban J connectivity index is 1.97. The lowest BCUT2D eigenvalue weighted by Crippen LogP contribution is -2.24. The van der Waals surface area contributed by atoms with E-state index in [1.165, 1.54) is 0 Å². The van der Waals surface area contributed by atoms with E-state index in [1.54, 1.807) is 18.5 Å². The zero-order valence-electron chi connectivity index (χ0n) is 9.63. The maximum absolute atomic E-state index is 11.8. The molecule has 0 aliphatic rings. The van der Waals surface area contributed by atoms with E-state index in [-0.39, 0.29) is 5.91 Å². The monoisotopic (exact) mass is 230 g/mol. The average molecular weight is 230 g/mol. The molecule has 88 valence electrons. The molecule has 0 atom stereocenters. The third kappa shape index (κ3) is 2.69. The summed E-state index contributed by atoms with van der Waals surface area (Å²) in [7, 11) is 0. The Labute approximate surface area is 99.5 Å². The Kier molecular flexibility index (Phi) is 3.49. The summed E-state index contributed by atoms with van der Waals surface area (Å²) in [6.07, 6.45) is 1.66. The summed E-state index contributed by atoms with van der Waals surface area (Å²) in [5.41, 5.74) is 0.648.